The number of halogens is 1. The van der Waals surface area contributed by atoms with Crippen LogP contribution in [0.2, 0.25) is 0 Å². The summed E-state index contributed by atoms with van der Waals surface area (Å²) in [6.07, 6.45) is 1.60. The molecule has 5 heteroatoms. The van der Waals surface area contributed by atoms with Crippen LogP contribution in [-0.2, 0) is 0 Å². The predicted molar refractivity (Wildman–Crippen MR) is 98.1 cm³/mol. The van der Waals surface area contributed by atoms with Crippen LogP contribution < -0.4 is 0 Å². The van der Waals surface area contributed by atoms with Crippen LogP contribution in [0.5, 0.6) is 0 Å². The molecule has 0 saturated heterocycles. The summed E-state index contributed by atoms with van der Waals surface area (Å²) in [5, 5.41) is 0.946. The van der Waals surface area contributed by atoms with Gasteiger partial charge >= 0.3 is 0 Å². The molecule has 0 amide bonds. The first-order chi connectivity index (χ1) is 11.7. The van der Waals surface area contributed by atoms with Crippen LogP contribution in [0.1, 0.15) is 5.56 Å². The highest BCUT2D eigenvalue weighted by Crippen LogP contribution is 2.39. The molecule has 2 heterocycles. The van der Waals surface area contributed by atoms with Crippen molar-refractivity contribution in [1.29, 1.82) is 0 Å². The van der Waals surface area contributed by atoms with E-state index in [1.165, 1.54) is 17.7 Å². The van der Waals surface area contributed by atoms with Gasteiger partial charge in [-0.2, -0.15) is 0 Å². The molecule has 0 N–H and O–H groups in total. The van der Waals surface area contributed by atoms with E-state index in [9.17, 15) is 4.39 Å². The van der Waals surface area contributed by atoms with Crippen molar-refractivity contribution in [3.8, 4) is 10.4 Å². The second kappa shape index (κ2) is 6.34. The Labute approximate surface area is 147 Å². The fourth-order valence-electron chi connectivity index (χ4n) is 2.38. The van der Waals surface area contributed by atoms with Crippen molar-refractivity contribution in [3.63, 3.8) is 0 Å². The minimum Gasteiger partial charge on any atom is -0.235 e. The zero-order valence-electron chi connectivity index (χ0n) is 12.9. The average Bonchev–Trinajstić information content (AvgIpc) is 3.03. The molecule has 0 fully saturated rings. The van der Waals surface area contributed by atoms with E-state index in [4.69, 9.17) is 0 Å². The van der Waals surface area contributed by atoms with Gasteiger partial charge in [0.15, 0.2) is 0 Å². The maximum atomic E-state index is 13.1. The summed E-state index contributed by atoms with van der Waals surface area (Å²) < 4.78 is 14.2. The first-order valence-corrected chi connectivity index (χ1v) is 9.07. The van der Waals surface area contributed by atoms with Crippen molar-refractivity contribution in [2.45, 2.75) is 16.8 Å². The molecule has 2 nitrogen and oxygen atoms in total. The van der Waals surface area contributed by atoms with Gasteiger partial charge in [-0.3, -0.25) is 0 Å². The van der Waals surface area contributed by atoms with Gasteiger partial charge < -0.3 is 0 Å². The van der Waals surface area contributed by atoms with Gasteiger partial charge in [0.25, 0.3) is 0 Å². The molecule has 118 valence electrons. The molecule has 0 radical (unpaired) electrons. The standard InChI is InChI=1S/C19H13FN2S2/c1-12-2-8-15(9-3-12)23-19-18-16(21-11-22-19)10-17(24-18)13-4-6-14(20)7-5-13/h2-11H,1H3. The van der Waals surface area contributed by atoms with Crippen LogP contribution in [0.3, 0.4) is 0 Å². The molecule has 4 aromatic rings. The number of thiophene rings is 1. The first-order valence-electron chi connectivity index (χ1n) is 7.44. The summed E-state index contributed by atoms with van der Waals surface area (Å²) in [7, 11) is 0. The fourth-order valence-corrected chi connectivity index (χ4v) is 4.42. The van der Waals surface area contributed by atoms with E-state index in [0.717, 1.165) is 30.6 Å². The summed E-state index contributed by atoms with van der Waals surface area (Å²) in [5.41, 5.74) is 3.15. The largest absolute Gasteiger partial charge is 0.235 e. The molecule has 0 aliphatic carbocycles. The van der Waals surface area contributed by atoms with Gasteiger partial charge in [-0.1, -0.05) is 41.6 Å². The topological polar surface area (TPSA) is 25.8 Å². The molecular weight excluding hydrogens is 339 g/mol. The number of hydrogen-bond donors (Lipinski definition) is 0. The number of aryl methyl sites for hydroxylation is 1. The molecule has 4 rings (SSSR count). The van der Waals surface area contributed by atoms with Gasteiger partial charge in [-0.15, -0.1) is 11.3 Å². The molecule has 0 aliphatic heterocycles. The van der Waals surface area contributed by atoms with E-state index in [1.807, 2.05) is 6.07 Å². The van der Waals surface area contributed by atoms with Crippen molar-refractivity contribution in [2.75, 3.05) is 0 Å². The lowest BCUT2D eigenvalue weighted by Crippen LogP contribution is -1.82. The van der Waals surface area contributed by atoms with E-state index in [-0.39, 0.29) is 5.82 Å². The Hall–Kier alpha value is -2.24. The second-order valence-electron chi connectivity index (χ2n) is 5.43. The Bertz CT molecular complexity index is 992. The van der Waals surface area contributed by atoms with Crippen molar-refractivity contribution in [1.82, 2.24) is 9.97 Å². The third kappa shape index (κ3) is 3.05. The van der Waals surface area contributed by atoms with Crippen LogP contribution >= 0.6 is 23.1 Å². The molecule has 0 unspecified atom stereocenters. The molecular formula is C19H13FN2S2. The van der Waals surface area contributed by atoms with Crippen molar-refractivity contribution < 1.29 is 4.39 Å². The van der Waals surface area contributed by atoms with Crippen LogP contribution in [0, 0.1) is 12.7 Å². The Kier molecular flexibility index (Phi) is 4.04. The van der Waals surface area contributed by atoms with Crippen LogP contribution in [0.15, 0.2) is 70.8 Å². The summed E-state index contributed by atoms with van der Waals surface area (Å²) in [6.45, 7) is 2.07. The van der Waals surface area contributed by atoms with E-state index in [2.05, 4.69) is 41.2 Å². The Morgan fingerprint density at radius 3 is 2.46 bits per heavy atom. The number of benzene rings is 2. The van der Waals surface area contributed by atoms with E-state index < -0.39 is 0 Å². The normalized spacial score (nSPS) is 11.1. The van der Waals surface area contributed by atoms with Gasteiger partial charge in [0, 0.05) is 9.77 Å². The summed E-state index contributed by atoms with van der Waals surface area (Å²) >= 11 is 3.27. The van der Waals surface area contributed by atoms with Gasteiger partial charge in [0.2, 0.25) is 0 Å². The lowest BCUT2D eigenvalue weighted by atomic mass is 10.2. The molecule has 24 heavy (non-hydrogen) atoms. The summed E-state index contributed by atoms with van der Waals surface area (Å²) in [6, 6.07) is 17.0. The van der Waals surface area contributed by atoms with Crippen LogP contribution in [-0.4, -0.2) is 9.97 Å². The smallest absolute Gasteiger partial charge is 0.123 e. The van der Waals surface area contributed by atoms with Crippen molar-refractivity contribution >= 4 is 33.3 Å². The zero-order valence-corrected chi connectivity index (χ0v) is 14.5. The number of aromatic nitrogens is 2. The molecule has 0 atom stereocenters. The Morgan fingerprint density at radius 2 is 1.71 bits per heavy atom. The van der Waals surface area contributed by atoms with E-state index in [1.54, 1.807) is 41.6 Å². The highest BCUT2D eigenvalue weighted by molar-refractivity contribution is 7.99. The molecule has 0 spiro atoms. The Morgan fingerprint density at radius 1 is 0.958 bits per heavy atom. The lowest BCUT2D eigenvalue weighted by Gasteiger charge is -2.02. The molecule has 0 saturated carbocycles. The van der Waals surface area contributed by atoms with E-state index in [0.29, 0.717) is 0 Å². The highest BCUT2D eigenvalue weighted by atomic mass is 32.2. The van der Waals surface area contributed by atoms with Crippen molar-refractivity contribution in [3.05, 3.63) is 72.3 Å². The number of hydrogen-bond acceptors (Lipinski definition) is 4. The van der Waals surface area contributed by atoms with Crippen molar-refractivity contribution in [2.24, 2.45) is 0 Å². The summed E-state index contributed by atoms with van der Waals surface area (Å²) in [5.74, 6) is -0.227. The van der Waals surface area contributed by atoms with Gasteiger partial charge in [0.05, 0.1) is 10.2 Å². The SMILES string of the molecule is Cc1ccc(Sc2ncnc3cc(-c4ccc(F)cc4)sc23)cc1. The summed E-state index contributed by atoms with van der Waals surface area (Å²) in [4.78, 5) is 11.0. The minimum atomic E-state index is -0.227. The third-order valence-electron chi connectivity index (χ3n) is 3.64. The number of rotatable bonds is 3. The first kappa shape index (κ1) is 15.3. The molecule has 2 aromatic carbocycles. The monoisotopic (exact) mass is 352 g/mol. The van der Waals surface area contributed by atoms with Gasteiger partial charge in [0.1, 0.15) is 17.2 Å². The number of fused-ring (bicyclic) bond motifs is 1. The zero-order chi connectivity index (χ0) is 16.5. The van der Waals surface area contributed by atoms with Gasteiger partial charge in [-0.05, 0) is 42.8 Å². The Balaban J connectivity index is 1.74. The predicted octanol–water partition coefficient (Wildman–Crippen LogP) is 5.96. The molecule has 0 aliphatic rings. The second-order valence-corrected chi connectivity index (χ2v) is 7.54. The average molecular weight is 352 g/mol. The quantitative estimate of drug-likeness (QED) is 0.426. The van der Waals surface area contributed by atoms with Crippen LogP contribution in [0.25, 0.3) is 20.7 Å². The molecule has 0 bridgehead atoms. The number of nitrogens with zero attached hydrogens (tertiary/aromatic N) is 2. The molecule has 2 aromatic heterocycles. The van der Waals surface area contributed by atoms with Crippen LogP contribution in [0.4, 0.5) is 4.39 Å². The fraction of sp³-hybridized carbons (Fsp3) is 0.0526. The van der Waals surface area contributed by atoms with Gasteiger partial charge in [-0.25, -0.2) is 14.4 Å². The maximum Gasteiger partial charge on any atom is 0.123 e. The highest BCUT2D eigenvalue weighted by Gasteiger charge is 2.11. The minimum absolute atomic E-state index is 0.227. The van der Waals surface area contributed by atoms with E-state index >= 15 is 0 Å². The lowest BCUT2D eigenvalue weighted by molar-refractivity contribution is 0.628. The third-order valence-corrected chi connectivity index (χ3v) is 5.96. The maximum absolute atomic E-state index is 13.1.